The molecule has 31 heavy (non-hydrogen) atoms. The molecule has 1 heterocycles. The largest absolute Gasteiger partial charge is 0.495 e. The van der Waals surface area contributed by atoms with E-state index in [1.807, 2.05) is 0 Å². The molecule has 1 aliphatic heterocycles. The number of benzene rings is 2. The SMILES string of the molecule is COc1ccc(NC(=O)C(=O)NCCCN2CCN(c3ccc(F)cc3)CC2)cc1Cl. The Kier molecular flexibility index (Phi) is 8.08. The maximum absolute atomic E-state index is 13.1. The van der Waals surface area contributed by atoms with Gasteiger partial charge < -0.3 is 20.3 Å². The first-order valence-electron chi connectivity index (χ1n) is 10.1. The number of nitrogens with zero attached hydrogens (tertiary/aromatic N) is 2. The average Bonchev–Trinajstić information content (AvgIpc) is 2.77. The fourth-order valence-electron chi connectivity index (χ4n) is 3.40. The maximum atomic E-state index is 13.1. The summed E-state index contributed by atoms with van der Waals surface area (Å²) in [5.41, 5.74) is 1.45. The summed E-state index contributed by atoms with van der Waals surface area (Å²) in [6.45, 7) is 4.75. The monoisotopic (exact) mass is 448 g/mol. The Labute approximate surface area is 186 Å². The van der Waals surface area contributed by atoms with Crippen LogP contribution >= 0.6 is 11.6 Å². The molecule has 0 saturated carbocycles. The molecule has 1 saturated heterocycles. The average molecular weight is 449 g/mol. The molecule has 2 aromatic carbocycles. The maximum Gasteiger partial charge on any atom is 0.313 e. The number of piperazine rings is 1. The van der Waals surface area contributed by atoms with Crippen LogP contribution in [0.2, 0.25) is 5.02 Å². The standard InChI is InChI=1S/C22H26ClFN4O3/c1-31-20-8-5-17(15-19(20)23)26-22(30)21(29)25-9-2-10-27-11-13-28(14-12-27)18-6-3-16(24)4-7-18/h3-8,15H,2,9-14H2,1H3,(H,25,29)(H,26,30). The summed E-state index contributed by atoms with van der Waals surface area (Å²) < 4.78 is 18.1. The minimum absolute atomic E-state index is 0.231. The van der Waals surface area contributed by atoms with E-state index in [4.69, 9.17) is 16.3 Å². The lowest BCUT2D eigenvalue weighted by Crippen LogP contribution is -2.47. The molecule has 2 amide bonds. The van der Waals surface area contributed by atoms with Crippen LogP contribution in [0.5, 0.6) is 5.75 Å². The van der Waals surface area contributed by atoms with Gasteiger partial charge in [-0.25, -0.2) is 4.39 Å². The molecule has 3 rings (SSSR count). The summed E-state index contributed by atoms with van der Waals surface area (Å²) in [5.74, 6) is -1.17. The highest BCUT2D eigenvalue weighted by Gasteiger charge is 2.18. The Morgan fingerprint density at radius 3 is 2.42 bits per heavy atom. The summed E-state index contributed by atoms with van der Waals surface area (Å²) in [7, 11) is 1.50. The van der Waals surface area contributed by atoms with Gasteiger partial charge in [0.25, 0.3) is 0 Å². The van der Waals surface area contributed by atoms with E-state index in [0.29, 0.717) is 23.0 Å². The predicted molar refractivity (Wildman–Crippen MR) is 119 cm³/mol. The van der Waals surface area contributed by atoms with E-state index in [0.717, 1.165) is 44.8 Å². The Morgan fingerprint density at radius 2 is 1.77 bits per heavy atom. The number of methoxy groups -OCH3 is 1. The molecule has 0 bridgehead atoms. The van der Waals surface area contributed by atoms with E-state index in [2.05, 4.69) is 20.4 Å². The first kappa shape index (κ1) is 22.8. The van der Waals surface area contributed by atoms with Crippen molar-refractivity contribution in [2.45, 2.75) is 6.42 Å². The molecular formula is C22H26ClFN4O3. The number of hydrogen-bond acceptors (Lipinski definition) is 5. The molecule has 0 radical (unpaired) electrons. The van der Waals surface area contributed by atoms with Crippen molar-refractivity contribution in [3.8, 4) is 5.75 Å². The van der Waals surface area contributed by atoms with Crippen molar-refractivity contribution >= 4 is 34.8 Å². The predicted octanol–water partition coefficient (Wildman–Crippen LogP) is 2.75. The first-order chi connectivity index (χ1) is 15.0. The van der Waals surface area contributed by atoms with Crippen molar-refractivity contribution in [3.05, 3.63) is 53.3 Å². The van der Waals surface area contributed by atoms with Gasteiger partial charge in [-0.05, 0) is 55.4 Å². The molecule has 2 N–H and O–H groups in total. The zero-order chi connectivity index (χ0) is 22.2. The van der Waals surface area contributed by atoms with Crippen molar-refractivity contribution in [1.29, 1.82) is 0 Å². The van der Waals surface area contributed by atoms with Gasteiger partial charge in [0.2, 0.25) is 0 Å². The van der Waals surface area contributed by atoms with Crippen molar-refractivity contribution in [3.63, 3.8) is 0 Å². The normalized spacial score (nSPS) is 14.2. The Balaban J connectivity index is 1.33. The van der Waals surface area contributed by atoms with Gasteiger partial charge in [0.1, 0.15) is 11.6 Å². The number of halogens is 2. The summed E-state index contributed by atoms with van der Waals surface area (Å²) in [4.78, 5) is 28.6. The summed E-state index contributed by atoms with van der Waals surface area (Å²) in [6.07, 6.45) is 0.740. The molecular weight excluding hydrogens is 423 g/mol. The fourth-order valence-corrected chi connectivity index (χ4v) is 3.66. The van der Waals surface area contributed by atoms with Crippen LogP contribution in [0.1, 0.15) is 6.42 Å². The third-order valence-corrected chi connectivity index (χ3v) is 5.41. The zero-order valence-corrected chi connectivity index (χ0v) is 18.1. The molecule has 0 unspecified atom stereocenters. The number of anilines is 2. The molecule has 0 spiro atoms. The number of amides is 2. The highest BCUT2D eigenvalue weighted by molar-refractivity contribution is 6.40. The number of carbonyl (C=O) groups is 2. The molecule has 0 aliphatic carbocycles. The second-order valence-electron chi connectivity index (χ2n) is 7.22. The van der Waals surface area contributed by atoms with E-state index in [9.17, 15) is 14.0 Å². The second kappa shape index (κ2) is 11.0. The van der Waals surface area contributed by atoms with Crippen LogP contribution in [0, 0.1) is 5.82 Å². The fraction of sp³-hybridized carbons (Fsp3) is 0.364. The Morgan fingerprint density at radius 1 is 1.06 bits per heavy atom. The van der Waals surface area contributed by atoms with Crippen LogP contribution in [0.25, 0.3) is 0 Å². The first-order valence-corrected chi connectivity index (χ1v) is 10.5. The van der Waals surface area contributed by atoms with Gasteiger partial charge in [-0.15, -0.1) is 0 Å². The summed E-state index contributed by atoms with van der Waals surface area (Å²) >= 11 is 6.02. The number of rotatable bonds is 7. The smallest absolute Gasteiger partial charge is 0.313 e. The quantitative estimate of drug-likeness (QED) is 0.503. The van der Waals surface area contributed by atoms with Crippen LogP contribution in [0.15, 0.2) is 42.5 Å². The van der Waals surface area contributed by atoms with Crippen molar-refractivity contribution in [1.82, 2.24) is 10.2 Å². The number of ether oxygens (including phenoxy) is 1. The minimum Gasteiger partial charge on any atom is -0.495 e. The van der Waals surface area contributed by atoms with Gasteiger partial charge in [-0.3, -0.25) is 14.5 Å². The van der Waals surface area contributed by atoms with Crippen molar-refractivity contribution < 1.29 is 18.7 Å². The Bertz CT molecular complexity index is 902. The molecule has 0 aromatic heterocycles. The second-order valence-corrected chi connectivity index (χ2v) is 7.63. The topological polar surface area (TPSA) is 73.9 Å². The van der Waals surface area contributed by atoms with E-state index < -0.39 is 11.8 Å². The summed E-state index contributed by atoms with van der Waals surface area (Å²) in [6, 6.07) is 11.3. The van der Waals surface area contributed by atoms with Crippen molar-refractivity contribution in [2.24, 2.45) is 0 Å². The number of carbonyl (C=O) groups excluding carboxylic acids is 2. The van der Waals surface area contributed by atoms with Gasteiger partial charge in [0.05, 0.1) is 12.1 Å². The molecule has 2 aromatic rings. The highest BCUT2D eigenvalue weighted by atomic mass is 35.5. The van der Waals surface area contributed by atoms with Gasteiger partial charge in [0, 0.05) is 44.1 Å². The van der Waals surface area contributed by atoms with Gasteiger partial charge in [-0.1, -0.05) is 11.6 Å². The molecule has 0 atom stereocenters. The van der Waals surface area contributed by atoms with Gasteiger partial charge >= 0.3 is 11.8 Å². The molecule has 166 valence electrons. The summed E-state index contributed by atoms with van der Waals surface area (Å²) in [5, 5.41) is 5.50. The number of hydrogen-bond donors (Lipinski definition) is 2. The van der Waals surface area contributed by atoms with Crippen LogP contribution < -0.4 is 20.3 Å². The third-order valence-electron chi connectivity index (χ3n) is 5.12. The lowest BCUT2D eigenvalue weighted by molar-refractivity contribution is -0.136. The van der Waals surface area contributed by atoms with E-state index in [1.165, 1.54) is 25.3 Å². The van der Waals surface area contributed by atoms with E-state index in [1.54, 1.807) is 24.3 Å². The van der Waals surface area contributed by atoms with Crippen LogP contribution in [-0.2, 0) is 9.59 Å². The van der Waals surface area contributed by atoms with E-state index >= 15 is 0 Å². The van der Waals surface area contributed by atoms with Gasteiger partial charge in [0.15, 0.2) is 0 Å². The lowest BCUT2D eigenvalue weighted by atomic mass is 10.2. The number of nitrogens with one attached hydrogen (secondary N) is 2. The van der Waals surface area contributed by atoms with Crippen LogP contribution in [0.3, 0.4) is 0 Å². The van der Waals surface area contributed by atoms with Crippen LogP contribution in [0.4, 0.5) is 15.8 Å². The third kappa shape index (κ3) is 6.57. The van der Waals surface area contributed by atoms with Crippen LogP contribution in [-0.4, -0.2) is 63.1 Å². The zero-order valence-electron chi connectivity index (χ0n) is 17.4. The van der Waals surface area contributed by atoms with Gasteiger partial charge in [-0.2, -0.15) is 0 Å². The lowest BCUT2D eigenvalue weighted by Gasteiger charge is -2.36. The molecule has 1 aliphatic rings. The molecule has 7 nitrogen and oxygen atoms in total. The minimum atomic E-state index is -0.742. The molecule has 1 fully saturated rings. The van der Waals surface area contributed by atoms with E-state index in [-0.39, 0.29) is 5.82 Å². The highest BCUT2D eigenvalue weighted by Crippen LogP contribution is 2.27. The Hall–Kier alpha value is -2.84. The molecule has 9 heteroatoms. The van der Waals surface area contributed by atoms with Crippen molar-refractivity contribution in [2.75, 3.05) is 56.6 Å².